The van der Waals surface area contributed by atoms with Crippen LogP contribution in [0.15, 0.2) is 24.3 Å². The molecule has 0 saturated carbocycles. The van der Waals surface area contributed by atoms with Gasteiger partial charge in [0.05, 0.1) is 11.5 Å². The van der Waals surface area contributed by atoms with Gasteiger partial charge >= 0.3 is 0 Å². The quantitative estimate of drug-likeness (QED) is 0.878. The summed E-state index contributed by atoms with van der Waals surface area (Å²) in [6.45, 7) is 0.452. The molecule has 1 fully saturated rings. The maximum Gasteiger partial charge on any atom is 0.241 e. The van der Waals surface area contributed by atoms with Crippen LogP contribution in [0.25, 0.3) is 0 Å². The lowest BCUT2D eigenvalue weighted by atomic mass is 10.0. The highest BCUT2D eigenvalue weighted by Gasteiger charge is 2.27. The van der Waals surface area contributed by atoms with E-state index in [1.54, 1.807) is 31.1 Å². The first-order chi connectivity index (χ1) is 10.8. The van der Waals surface area contributed by atoms with Crippen LogP contribution in [0.5, 0.6) is 0 Å². The summed E-state index contributed by atoms with van der Waals surface area (Å²) < 4.78 is 36.2. The van der Waals surface area contributed by atoms with Crippen LogP contribution in [0.4, 0.5) is 4.39 Å². The minimum atomic E-state index is -2.89. The number of rotatable bonds is 5. The molecule has 1 atom stereocenters. The maximum absolute atomic E-state index is 13.4. The molecule has 1 aliphatic heterocycles. The SMILES string of the molecule is CN(C)[C@@H](C(=O)NCC1CCS(=O)(=O)CC1)c1cccc(F)c1. The number of hydrogen-bond acceptors (Lipinski definition) is 4. The number of amides is 1. The van der Waals surface area contributed by atoms with E-state index < -0.39 is 15.9 Å². The van der Waals surface area contributed by atoms with Crippen molar-refractivity contribution in [2.24, 2.45) is 5.92 Å². The van der Waals surface area contributed by atoms with Gasteiger partial charge in [-0.25, -0.2) is 12.8 Å². The van der Waals surface area contributed by atoms with Gasteiger partial charge in [-0.15, -0.1) is 0 Å². The van der Waals surface area contributed by atoms with E-state index in [0.717, 1.165) is 0 Å². The number of benzene rings is 1. The molecule has 2 rings (SSSR count). The smallest absolute Gasteiger partial charge is 0.241 e. The van der Waals surface area contributed by atoms with Gasteiger partial charge in [0.15, 0.2) is 0 Å². The number of likely N-dealkylation sites (N-methyl/N-ethyl adjacent to an activating group) is 1. The van der Waals surface area contributed by atoms with E-state index in [4.69, 9.17) is 0 Å². The molecule has 0 spiro atoms. The van der Waals surface area contributed by atoms with E-state index in [0.29, 0.717) is 24.9 Å². The highest BCUT2D eigenvalue weighted by Crippen LogP contribution is 2.21. The molecule has 1 amide bonds. The largest absolute Gasteiger partial charge is 0.354 e. The summed E-state index contributed by atoms with van der Waals surface area (Å²) in [5.74, 6) is -0.0187. The highest BCUT2D eigenvalue weighted by molar-refractivity contribution is 7.91. The van der Waals surface area contributed by atoms with Crippen molar-refractivity contribution >= 4 is 15.7 Å². The van der Waals surface area contributed by atoms with Gasteiger partial charge in [-0.3, -0.25) is 9.69 Å². The Balaban J connectivity index is 1.97. The lowest BCUT2D eigenvalue weighted by molar-refractivity contribution is -0.126. The molecular formula is C16H23FN2O3S. The highest BCUT2D eigenvalue weighted by atomic mass is 32.2. The van der Waals surface area contributed by atoms with Crippen molar-refractivity contribution in [1.82, 2.24) is 10.2 Å². The van der Waals surface area contributed by atoms with Crippen LogP contribution < -0.4 is 5.32 Å². The van der Waals surface area contributed by atoms with E-state index in [2.05, 4.69) is 5.32 Å². The Kier molecular flexibility index (Phi) is 5.75. The first-order valence-electron chi connectivity index (χ1n) is 7.68. The first-order valence-corrected chi connectivity index (χ1v) is 9.50. The second kappa shape index (κ2) is 7.40. The molecule has 1 aliphatic rings. The Labute approximate surface area is 136 Å². The summed E-state index contributed by atoms with van der Waals surface area (Å²) in [6, 6.07) is 5.44. The fourth-order valence-corrected chi connectivity index (χ4v) is 4.43. The van der Waals surface area contributed by atoms with Gasteiger partial charge in [0, 0.05) is 6.54 Å². The third-order valence-corrected chi connectivity index (χ3v) is 5.88. The zero-order chi connectivity index (χ0) is 17.0. The van der Waals surface area contributed by atoms with E-state index in [1.165, 1.54) is 12.1 Å². The molecule has 1 N–H and O–H groups in total. The molecule has 0 unspecified atom stereocenters. The maximum atomic E-state index is 13.4. The molecule has 1 heterocycles. The molecule has 1 saturated heterocycles. The van der Waals surface area contributed by atoms with Gasteiger partial charge in [0.1, 0.15) is 21.7 Å². The second-order valence-electron chi connectivity index (χ2n) is 6.26. The average molecular weight is 342 g/mol. The van der Waals surface area contributed by atoms with Crippen molar-refractivity contribution in [3.8, 4) is 0 Å². The minimum absolute atomic E-state index is 0.179. The van der Waals surface area contributed by atoms with Gasteiger partial charge in [-0.1, -0.05) is 12.1 Å². The molecule has 0 aliphatic carbocycles. The van der Waals surface area contributed by atoms with Gasteiger partial charge in [0.25, 0.3) is 0 Å². The predicted octanol–water partition coefficient (Wildman–Crippen LogP) is 1.37. The van der Waals surface area contributed by atoms with Crippen LogP contribution in [-0.2, 0) is 14.6 Å². The molecule has 1 aromatic rings. The summed E-state index contributed by atoms with van der Waals surface area (Å²) >= 11 is 0. The number of halogens is 1. The molecule has 0 bridgehead atoms. The van der Waals surface area contributed by atoms with Gasteiger partial charge in [-0.2, -0.15) is 0 Å². The van der Waals surface area contributed by atoms with Crippen molar-refractivity contribution in [3.63, 3.8) is 0 Å². The molecule has 7 heteroatoms. The number of nitrogens with zero attached hydrogens (tertiary/aromatic N) is 1. The van der Waals surface area contributed by atoms with Gasteiger partial charge < -0.3 is 5.32 Å². The van der Waals surface area contributed by atoms with Crippen LogP contribution in [0.1, 0.15) is 24.4 Å². The topological polar surface area (TPSA) is 66.5 Å². The lowest BCUT2D eigenvalue weighted by Gasteiger charge is -2.26. The second-order valence-corrected chi connectivity index (χ2v) is 8.57. The number of nitrogens with one attached hydrogen (secondary N) is 1. The summed E-state index contributed by atoms with van der Waals surface area (Å²) in [7, 11) is 0.638. The molecule has 0 radical (unpaired) electrons. The molecule has 1 aromatic carbocycles. The Hall–Kier alpha value is -1.47. The van der Waals surface area contributed by atoms with Gasteiger partial charge in [0.2, 0.25) is 5.91 Å². The van der Waals surface area contributed by atoms with Crippen molar-refractivity contribution in [1.29, 1.82) is 0 Å². The Morgan fingerprint density at radius 1 is 1.35 bits per heavy atom. The predicted molar refractivity (Wildman–Crippen MR) is 87.2 cm³/mol. The fourth-order valence-electron chi connectivity index (χ4n) is 2.85. The molecule has 128 valence electrons. The van der Waals surface area contributed by atoms with Crippen LogP contribution in [0, 0.1) is 11.7 Å². The van der Waals surface area contributed by atoms with Crippen LogP contribution in [0.2, 0.25) is 0 Å². The van der Waals surface area contributed by atoms with Crippen molar-refractivity contribution in [2.45, 2.75) is 18.9 Å². The van der Waals surface area contributed by atoms with Crippen LogP contribution in [0.3, 0.4) is 0 Å². The third kappa shape index (κ3) is 5.00. The fraction of sp³-hybridized carbons (Fsp3) is 0.562. The van der Waals surface area contributed by atoms with Crippen molar-refractivity contribution < 1.29 is 17.6 Å². The Morgan fingerprint density at radius 2 is 2.00 bits per heavy atom. The Morgan fingerprint density at radius 3 is 2.57 bits per heavy atom. The van der Waals surface area contributed by atoms with E-state index in [-0.39, 0.29) is 29.1 Å². The van der Waals surface area contributed by atoms with E-state index in [9.17, 15) is 17.6 Å². The zero-order valence-electron chi connectivity index (χ0n) is 13.5. The minimum Gasteiger partial charge on any atom is -0.354 e. The zero-order valence-corrected chi connectivity index (χ0v) is 14.3. The average Bonchev–Trinajstić information content (AvgIpc) is 2.46. The van der Waals surface area contributed by atoms with Crippen LogP contribution in [-0.4, -0.2) is 51.4 Å². The number of carbonyl (C=O) groups excluding carboxylic acids is 1. The number of hydrogen-bond donors (Lipinski definition) is 1. The van der Waals surface area contributed by atoms with Crippen LogP contribution >= 0.6 is 0 Å². The molecule has 0 aromatic heterocycles. The number of carbonyl (C=O) groups is 1. The molecule has 5 nitrogen and oxygen atoms in total. The van der Waals surface area contributed by atoms with Gasteiger partial charge in [-0.05, 0) is 50.6 Å². The monoisotopic (exact) mass is 342 g/mol. The summed E-state index contributed by atoms with van der Waals surface area (Å²) in [6.07, 6.45) is 1.16. The van der Waals surface area contributed by atoms with E-state index >= 15 is 0 Å². The summed E-state index contributed by atoms with van der Waals surface area (Å²) in [5, 5.41) is 2.88. The van der Waals surface area contributed by atoms with Crippen molar-refractivity contribution in [3.05, 3.63) is 35.6 Å². The normalized spacial score (nSPS) is 19.5. The van der Waals surface area contributed by atoms with Crippen molar-refractivity contribution in [2.75, 3.05) is 32.1 Å². The first kappa shape index (κ1) is 17.9. The molecule has 23 heavy (non-hydrogen) atoms. The molecular weight excluding hydrogens is 319 g/mol. The summed E-state index contributed by atoms with van der Waals surface area (Å²) in [4.78, 5) is 14.2. The lowest BCUT2D eigenvalue weighted by Crippen LogP contribution is -2.40. The van der Waals surface area contributed by atoms with E-state index in [1.807, 2.05) is 0 Å². The number of sulfone groups is 1. The Bertz CT molecular complexity index is 647. The third-order valence-electron chi connectivity index (χ3n) is 4.17. The summed E-state index contributed by atoms with van der Waals surface area (Å²) in [5.41, 5.74) is 0.596. The standard InChI is InChI=1S/C16H23FN2O3S/c1-19(2)15(13-4-3-5-14(17)10-13)16(20)18-11-12-6-8-23(21,22)9-7-12/h3-5,10,12,15H,6-9,11H2,1-2H3,(H,18,20)/t15-/m1/s1.